The van der Waals surface area contributed by atoms with Crippen molar-refractivity contribution in [3.63, 3.8) is 0 Å². The lowest BCUT2D eigenvalue weighted by Gasteiger charge is -2.37. The van der Waals surface area contributed by atoms with Gasteiger partial charge in [0.15, 0.2) is 0 Å². The highest BCUT2D eigenvalue weighted by atomic mass is 35.5. The zero-order valence-electron chi connectivity index (χ0n) is 15.4. The van der Waals surface area contributed by atoms with Crippen molar-refractivity contribution < 1.29 is 23.1 Å². The first-order chi connectivity index (χ1) is 13.8. The van der Waals surface area contributed by atoms with E-state index in [1.54, 1.807) is 0 Å². The number of likely N-dealkylation sites (tertiary alicyclic amines) is 1. The number of benzene rings is 1. The van der Waals surface area contributed by atoms with Crippen molar-refractivity contribution in [3.8, 4) is 0 Å². The first-order valence-corrected chi connectivity index (χ1v) is 11.3. The first-order valence-electron chi connectivity index (χ1n) is 9.11. The molecule has 0 spiro atoms. The van der Waals surface area contributed by atoms with Crippen LogP contribution in [0.15, 0.2) is 35.5 Å². The second-order valence-electron chi connectivity index (χ2n) is 6.87. The quantitative estimate of drug-likeness (QED) is 0.693. The van der Waals surface area contributed by atoms with Gasteiger partial charge >= 0.3 is 0 Å². The van der Waals surface area contributed by atoms with Gasteiger partial charge in [0.2, 0.25) is 11.8 Å². The predicted octanol–water partition coefficient (Wildman–Crippen LogP) is 1.72. The van der Waals surface area contributed by atoms with Gasteiger partial charge in [0, 0.05) is 18.9 Å². The van der Waals surface area contributed by atoms with Crippen molar-refractivity contribution in [1.82, 2.24) is 14.5 Å². The molecule has 0 bridgehead atoms. The molecule has 158 valence electrons. The number of hydrogen-bond acceptors (Lipinski definition) is 5. The lowest BCUT2D eigenvalue weighted by atomic mass is 10.0. The second kappa shape index (κ2) is 8.91. The Morgan fingerprint density at radius 2 is 2.00 bits per heavy atom. The number of nitrogens with one attached hydrogen (secondary N) is 1. The minimum atomic E-state index is -4.16. The minimum absolute atomic E-state index is 0.0601. The molecule has 3 rings (SSSR count). The van der Waals surface area contributed by atoms with E-state index in [1.165, 1.54) is 35.5 Å². The monoisotopic (exact) mass is 461 g/mol. The molecule has 1 aromatic carbocycles. The van der Waals surface area contributed by atoms with Gasteiger partial charge in [-0.25, -0.2) is 8.42 Å². The van der Waals surface area contributed by atoms with Crippen LogP contribution in [0.3, 0.4) is 0 Å². The SMILES string of the molecule is O=C1NC=CN(S(=O)(=O)c2ccc(Cl)c(Cl)c2)[C@@H]1CC(=O)N1CCCC[C@@H]1CO. The van der Waals surface area contributed by atoms with Gasteiger partial charge in [0.1, 0.15) is 6.04 Å². The highest BCUT2D eigenvalue weighted by molar-refractivity contribution is 7.89. The Morgan fingerprint density at radius 1 is 1.24 bits per heavy atom. The van der Waals surface area contributed by atoms with Crippen LogP contribution in [-0.4, -0.2) is 59.8 Å². The fraction of sp³-hybridized carbons (Fsp3) is 0.444. The van der Waals surface area contributed by atoms with Gasteiger partial charge in [0.05, 0.1) is 34.0 Å². The normalized spacial score (nSPS) is 22.5. The molecule has 2 aliphatic rings. The van der Waals surface area contributed by atoms with Crippen LogP contribution in [0.2, 0.25) is 10.0 Å². The summed E-state index contributed by atoms with van der Waals surface area (Å²) in [5.74, 6) is -0.990. The van der Waals surface area contributed by atoms with Crippen LogP contribution >= 0.6 is 23.2 Å². The lowest BCUT2D eigenvalue weighted by Crippen LogP contribution is -2.53. The van der Waals surface area contributed by atoms with Gasteiger partial charge in [-0.3, -0.25) is 13.9 Å². The molecule has 0 saturated carbocycles. The predicted molar refractivity (Wildman–Crippen MR) is 108 cm³/mol. The summed E-state index contributed by atoms with van der Waals surface area (Å²) in [6.07, 6.45) is 4.44. The third-order valence-corrected chi connectivity index (χ3v) is 7.57. The highest BCUT2D eigenvalue weighted by Crippen LogP contribution is 2.29. The number of nitrogens with zero attached hydrogens (tertiary/aromatic N) is 2. The summed E-state index contributed by atoms with van der Waals surface area (Å²) >= 11 is 11.8. The fourth-order valence-electron chi connectivity index (χ4n) is 3.50. The number of sulfonamides is 1. The summed E-state index contributed by atoms with van der Waals surface area (Å²) in [4.78, 5) is 26.7. The second-order valence-corrected chi connectivity index (χ2v) is 9.53. The Labute approximate surface area is 179 Å². The zero-order valence-corrected chi connectivity index (χ0v) is 17.8. The van der Waals surface area contributed by atoms with Crippen LogP contribution in [0.1, 0.15) is 25.7 Å². The number of rotatable bonds is 5. The standard InChI is InChI=1S/C18H21Cl2N3O5S/c19-14-5-4-13(9-15(14)20)29(27,28)23-8-6-21-18(26)16(23)10-17(25)22-7-2-1-3-12(22)11-24/h4-6,8-9,12,16,24H,1-3,7,10-11H2,(H,21,26)/t12-,16-/m1/s1. The topological polar surface area (TPSA) is 107 Å². The largest absolute Gasteiger partial charge is 0.394 e. The molecule has 0 unspecified atom stereocenters. The van der Waals surface area contributed by atoms with E-state index in [0.717, 1.165) is 17.1 Å². The summed E-state index contributed by atoms with van der Waals surface area (Å²) < 4.78 is 27.1. The number of piperidine rings is 1. The third kappa shape index (κ3) is 4.53. The molecule has 0 aromatic heterocycles. The molecule has 0 aliphatic carbocycles. The lowest BCUT2D eigenvalue weighted by molar-refractivity contribution is -0.139. The fourth-order valence-corrected chi connectivity index (χ4v) is 5.34. The number of aliphatic hydroxyl groups is 1. The van der Waals surface area contributed by atoms with E-state index in [9.17, 15) is 23.1 Å². The molecule has 29 heavy (non-hydrogen) atoms. The van der Waals surface area contributed by atoms with Crippen molar-refractivity contribution in [3.05, 3.63) is 40.6 Å². The molecule has 2 heterocycles. The summed E-state index contributed by atoms with van der Waals surface area (Å²) in [5, 5.41) is 12.2. The molecular formula is C18H21Cl2N3O5S. The van der Waals surface area contributed by atoms with Crippen LogP contribution < -0.4 is 5.32 Å². The van der Waals surface area contributed by atoms with E-state index in [0.29, 0.717) is 13.0 Å². The molecule has 2 N–H and O–H groups in total. The maximum absolute atomic E-state index is 13.1. The highest BCUT2D eigenvalue weighted by Gasteiger charge is 2.39. The van der Waals surface area contributed by atoms with E-state index >= 15 is 0 Å². The Hall–Kier alpha value is -1.81. The third-order valence-electron chi connectivity index (χ3n) is 5.05. The number of carbonyl (C=O) groups excluding carboxylic acids is 2. The van der Waals surface area contributed by atoms with Crippen molar-refractivity contribution in [2.75, 3.05) is 13.2 Å². The van der Waals surface area contributed by atoms with Crippen LogP contribution in [0.25, 0.3) is 0 Å². The van der Waals surface area contributed by atoms with Gasteiger partial charge in [-0.1, -0.05) is 23.2 Å². The van der Waals surface area contributed by atoms with Crippen LogP contribution in [-0.2, 0) is 19.6 Å². The molecule has 0 radical (unpaired) electrons. The van der Waals surface area contributed by atoms with Crippen molar-refractivity contribution in [2.45, 2.75) is 42.7 Å². The minimum Gasteiger partial charge on any atom is -0.394 e. The number of hydrogen-bond donors (Lipinski definition) is 2. The smallest absolute Gasteiger partial charge is 0.264 e. The maximum Gasteiger partial charge on any atom is 0.264 e. The molecular weight excluding hydrogens is 441 g/mol. The number of halogens is 2. The molecule has 1 saturated heterocycles. The van der Waals surface area contributed by atoms with Gasteiger partial charge in [0.25, 0.3) is 10.0 Å². The maximum atomic E-state index is 13.1. The average molecular weight is 462 g/mol. The zero-order chi connectivity index (χ0) is 21.2. The van der Waals surface area contributed by atoms with Crippen molar-refractivity contribution in [2.24, 2.45) is 0 Å². The van der Waals surface area contributed by atoms with E-state index in [1.807, 2.05) is 0 Å². The van der Waals surface area contributed by atoms with Gasteiger partial charge in [-0.2, -0.15) is 0 Å². The number of carbonyl (C=O) groups is 2. The van der Waals surface area contributed by atoms with Gasteiger partial charge < -0.3 is 15.3 Å². The molecule has 1 fully saturated rings. The van der Waals surface area contributed by atoms with Crippen LogP contribution in [0.5, 0.6) is 0 Å². The van der Waals surface area contributed by atoms with Gasteiger partial charge in [-0.05, 0) is 37.5 Å². The molecule has 11 heteroatoms. The molecule has 2 aliphatic heterocycles. The average Bonchev–Trinajstić information content (AvgIpc) is 2.71. The van der Waals surface area contributed by atoms with Crippen molar-refractivity contribution in [1.29, 1.82) is 0 Å². The van der Waals surface area contributed by atoms with E-state index in [-0.39, 0.29) is 39.9 Å². The van der Waals surface area contributed by atoms with E-state index < -0.39 is 22.0 Å². The molecule has 8 nitrogen and oxygen atoms in total. The van der Waals surface area contributed by atoms with Gasteiger partial charge in [-0.15, -0.1) is 0 Å². The number of amides is 2. The summed E-state index contributed by atoms with van der Waals surface area (Å²) in [6.45, 7) is 0.293. The molecule has 2 amide bonds. The Bertz CT molecular complexity index is 937. The van der Waals surface area contributed by atoms with Crippen LogP contribution in [0, 0.1) is 0 Å². The molecule has 2 atom stereocenters. The summed E-state index contributed by atoms with van der Waals surface area (Å²) in [6, 6.07) is 2.26. The van der Waals surface area contributed by atoms with E-state index in [4.69, 9.17) is 23.2 Å². The van der Waals surface area contributed by atoms with E-state index in [2.05, 4.69) is 5.32 Å². The molecule has 1 aromatic rings. The Kier molecular flexibility index (Phi) is 6.72. The Morgan fingerprint density at radius 3 is 2.69 bits per heavy atom. The number of aliphatic hydroxyl groups excluding tert-OH is 1. The van der Waals surface area contributed by atoms with Crippen LogP contribution in [0.4, 0.5) is 0 Å². The first kappa shape index (κ1) is 21.9. The summed E-state index contributed by atoms with van der Waals surface area (Å²) in [5.41, 5.74) is 0. The summed E-state index contributed by atoms with van der Waals surface area (Å²) in [7, 11) is -4.16. The Balaban J connectivity index is 1.88. The van der Waals surface area contributed by atoms with Crippen molar-refractivity contribution >= 4 is 45.0 Å².